The van der Waals surface area contributed by atoms with Crippen molar-refractivity contribution in [1.29, 1.82) is 0 Å². The molecule has 0 N–H and O–H groups in total. The number of esters is 1. The lowest BCUT2D eigenvalue weighted by molar-refractivity contribution is -0.133. The summed E-state index contributed by atoms with van der Waals surface area (Å²) in [5.74, 6) is -0.490. The zero-order chi connectivity index (χ0) is 16.9. The van der Waals surface area contributed by atoms with Crippen LogP contribution in [0.2, 0.25) is 0 Å². The maximum Gasteiger partial charge on any atom is 0.341 e. The Balaban J connectivity index is 2.21. The summed E-state index contributed by atoms with van der Waals surface area (Å²) in [4.78, 5) is 21.2. The van der Waals surface area contributed by atoms with Crippen molar-refractivity contribution in [2.45, 2.75) is 0 Å². The van der Waals surface area contributed by atoms with Crippen molar-refractivity contribution < 1.29 is 14.3 Å². The van der Waals surface area contributed by atoms with Gasteiger partial charge < -0.3 is 9.47 Å². The van der Waals surface area contributed by atoms with E-state index in [1.807, 2.05) is 42.5 Å². The first-order valence-corrected chi connectivity index (χ1v) is 7.37. The molecule has 5 nitrogen and oxygen atoms in total. The molecule has 1 aromatic heterocycles. The van der Waals surface area contributed by atoms with Crippen LogP contribution in [0.4, 0.5) is 0 Å². The fourth-order valence-corrected chi connectivity index (χ4v) is 2.45. The maximum atomic E-state index is 12.1. The highest BCUT2D eigenvalue weighted by atomic mass is 16.5. The molecule has 3 rings (SSSR count). The molecule has 5 heteroatoms. The zero-order valence-corrected chi connectivity index (χ0v) is 13.4. The molecule has 24 heavy (non-hydrogen) atoms. The monoisotopic (exact) mass is 320 g/mol. The lowest BCUT2D eigenvalue weighted by Gasteiger charge is -2.09. The van der Waals surface area contributed by atoms with Gasteiger partial charge in [-0.3, -0.25) is 4.98 Å². The fraction of sp³-hybridized carbons (Fsp3) is 0.105. The molecule has 2 aromatic carbocycles. The van der Waals surface area contributed by atoms with Crippen LogP contribution in [0, 0.1) is 0 Å². The van der Waals surface area contributed by atoms with Gasteiger partial charge >= 0.3 is 5.97 Å². The number of aromatic nitrogens is 2. The van der Waals surface area contributed by atoms with Gasteiger partial charge in [0.15, 0.2) is 0 Å². The number of fused-ring (bicyclic) bond motifs is 1. The van der Waals surface area contributed by atoms with Gasteiger partial charge in [0.1, 0.15) is 5.57 Å². The number of methoxy groups -OCH3 is 2. The Morgan fingerprint density at radius 3 is 2.54 bits per heavy atom. The van der Waals surface area contributed by atoms with Gasteiger partial charge in [-0.15, -0.1) is 0 Å². The van der Waals surface area contributed by atoms with E-state index in [2.05, 4.69) is 4.98 Å². The van der Waals surface area contributed by atoms with Crippen LogP contribution in [0.15, 0.2) is 61.0 Å². The van der Waals surface area contributed by atoms with Crippen molar-refractivity contribution >= 4 is 22.6 Å². The SMILES string of the molecule is COC=C(C(=O)OC)c1cccc2ncc(-c3ccccc3)nc12. The quantitative estimate of drug-likeness (QED) is 0.418. The van der Waals surface area contributed by atoms with Crippen molar-refractivity contribution in [1.82, 2.24) is 9.97 Å². The Hall–Kier alpha value is -3.21. The van der Waals surface area contributed by atoms with Crippen LogP contribution in [0.1, 0.15) is 5.56 Å². The van der Waals surface area contributed by atoms with E-state index in [-0.39, 0.29) is 0 Å². The van der Waals surface area contributed by atoms with Gasteiger partial charge in [-0.2, -0.15) is 0 Å². The molecule has 120 valence electrons. The third-order valence-corrected chi connectivity index (χ3v) is 3.57. The number of rotatable bonds is 4. The number of benzene rings is 2. The molecular weight excluding hydrogens is 304 g/mol. The average molecular weight is 320 g/mol. The molecule has 0 aliphatic rings. The molecule has 0 amide bonds. The summed E-state index contributed by atoms with van der Waals surface area (Å²) in [5.41, 5.74) is 3.91. The second kappa shape index (κ2) is 6.91. The Bertz CT molecular complexity index is 905. The molecule has 3 aromatic rings. The number of ether oxygens (including phenoxy) is 2. The van der Waals surface area contributed by atoms with Gasteiger partial charge in [-0.1, -0.05) is 42.5 Å². The summed E-state index contributed by atoms with van der Waals surface area (Å²) < 4.78 is 9.88. The minimum Gasteiger partial charge on any atom is -0.503 e. The second-order valence-corrected chi connectivity index (χ2v) is 5.05. The Labute approximate surface area is 139 Å². The van der Waals surface area contributed by atoms with Crippen molar-refractivity contribution in [3.05, 3.63) is 66.6 Å². The Kier molecular flexibility index (Phi) is 4.52. The molecule has 0 atom stereocenters. The topological polar surface area (TPSA) is 61.3 Å². The highest BCUT2D eigenvalue weighted by molar-refractivity contribution is 6.19. The largest absolute Gasteiger partial charge is 0.503 e. The number of carbonyl (C=O) groups excluding carboxylic acids is 1. The third kappa shape index (κ3) is 2.96. The van der Waals surface area contributed by atoms with Gasteiger partial charge in [0.25, 0.3) is 0 Å². The highest BCUT2D eigenvalue weighted by Crippen LogP contribution is 2.26. The molecule has 0 unspecified atom stereocenters. The van der Waals surface area contributed by atoms with Crippen LogP contribution in [0.25, 0.3) is 27.9 Å². The molecule has 0 fully saturated rings. The van der Waals surface area contributed by atoms with E-state index in [0.717, 1.165) is 11.3 Å². The molecule has 0 saturated heterocycles. The number of hydrogen-bond acceptors (Lipinski definition) is 5. The molecule has 0 spiro atoms. The van der Waals surface area contributed by atoms with E-state index in [0.29, 0.717) is 22.2 Å². The summed E-state index contributed by atoms with van der Waals surface area (Å²) in [6.45, 7) is 0. The predicted octanol–water partition coefficient (Wildman–Crippen LogP) is 3.46. The number of hydrogen-bond donors (Lipinski definition) is 0. The van der Waals surface area contributed by atoms with Gasteiger partial charge in [-0.25, -0.2) is 9.78 Å². The first-order valence-electron chi connectivity index (χ1n) is 7.37. The molecule has 0 bridgehead atoms. The van der Waals surface area contributed by atoms with Crippen LogP contribution >= 0.6 is 0 Å². The summed E-state index contributed by atoms with van der Waals surface area (Å²) in [7, 11) is 2.81. The van der Waals surface area contributed by atoms with Crippen LogP contribution < -0.4 is 0 Å². The van der Waals surface area contributed by atoms with E-state index in [9.17, 15) is 4.79 Å². The van der Waals surface area contributed by atoms with E-state index in [1.54, 1.807) is 12.3 Å². The second-order valence-electron chi connectivity index (χ2n) is 5.05. The van der Waals surface area contributed by atoms with Crippen LogP contribution in [0.3, 0.4) is 0 Å². The van der Waals surface area contributed by atoms with E-state index < -0.39 is 5.97 Å². The zero-order valence-electron chi connectivity index (χ0n) is 13.4. The van der Waals surface area contributed by atoms with Crippen LogP contribution in [-0.2, 0) is 14.3 Å². The van der Waals surface area contributed by atoms with Crippen molar-refractivity contribution in [2.24, 2.45) is 0 Å². The smallest absolute Gasteiger partial charge is 0.341 e. The number of nitrogens with zero attached hydrogens (tertiary/aromatic N) is 2. The Morgan fingerprint density at radius 2 is 1.83 bits per heavy atom. The predicted molar refractivity (Wildman–Crippen MR) is 92.0 cm³/mol. The normalized spacial score (nSPS) is 11.3. The van der Waals surface area contributed by atoms with E-state index in [1.165, 1.54) is 20.5 Å². The van der Waals surface area contributed by atoms with Gasteiger partial charge in [0, 0.05) is 11.1 Å². The lowest BCUT2D eigenvalue weighted by Crippen LogP contribution is -2.06. The Morgan fingerprint density at radius 1 is 1.04 bits per heavy atom. The van der Waals surface area contributed by atoms with Crippen LogP contribution in [-0.4, -0.2) is 30.2 Å². The summed E-state index contributed by atoms with van der Waals surface area (Å²) >= 11 is 0. The maximum absolute atomic E-state index is 12.1. The summed E-state index contributed by atoms with van der Waals surface area (Å²) in [6, 6.07) is 15.2. The molecule has 0 aliphatic heterocycles. The van der Waals surface area contributed by atoms with Crippen LogP contribution in [0.5, 0.6) is 0 Å². The average Bonchev–Trinajstić information content (AvgIpc) is 2.65. The van der Waals surface area contributed by atoms with Gasteiger partial charge in [0.2, 0.25) is 0 Å². The van der Waals surface area contributed by atoms with Crippen molar-refractivity contribution in [2.75, 3.05) is 14.2 Å². The number of carbonyl (C=O) groups is 1. The van der Waals surface area contributed by atoms with Crippen molar-refractivity contribution in [3.63, 3.8) is 0 Å². The minimum atomic E-state index is -0.490. The summed E-state index contributed by atoms with van der Waals surface area (Å²) in [5, 5.41) is 0. The standard InChI is InChI=1S/C19H16N2O3/c1-23-12-15(19(22)24-2)14-9-6-10-16-18(14)21-17(11-20-16)13-7-4-3-5-8-13/h3-12H,1-2H3. The van der Waals surface area contributed by atoms with Crippen molar-refractivity contribution in [3.8, 4) is 11.3 Å². The van der Waals surface area contributed by atoms with E-state index in [4.69, 9.17) is 14.5 Å². The van der Waals surface area contributed by atoms with Gasteiger partial charge in [0.05, 0.1) is 43.4 Å². The molecule has 0 saturated carbocycles. The first-order chi connectivity index (χ1) is 11.7. The van der Waals surface area contributed by atoms with Gasteiger partial charge in [-0.05, 0) is 6.07 Å². The fourth-order valence-electron chi connectivity index (χ4n) is 2.45. The number of para-hydroxylation sites is 1. The highest BCUT2D eigenvalue weighted by Gasteiger charge is 2.17. The molecule has 1 heterocycles. The van der Waals surface area contributed by atoms with E-state index >= 15 is 0 Å². The minimum absolute atomic E-state index is 0.296. The molecule has 0 radical (unpaired) electrons. The third-order valence-electron chi connectivity index (χ3n) is 3.57. The summed E-state index contributed by atoms with van der Waals surface area (Å²) in [6.07, 6.45) is 3.08. The molecular formula is C19H16N2O3. The lowest BCUT2D eigenvalue weighted by atomic mass is 10.0. The first kappa shape index (κ1) is 15.7. The molecule has 0 aliphatic carbocycles.